The number of carbonyl (C=O) groups excluding carboxylic acids is 1. The van der Waals surface area contributed by atoms with E-state index in [4.69, 9.17) is 9.84 Å². The molecule has 190 valence electrons. The summed E-state index contributed by atoms with van der Waals surface area (Å²) in [6.07, 6.45) is 2.00. The van der Waals surface area contributed by atoms with Gasteiger partial charge in [0.1, 0.15) is 17.4 Å². The van der Waals surface area contributed by atoms with Gasteiger partial charge in [-0.05, 0) is 67.1 Å². The maximum Gasteiger partial charge on any atom is 0.322 e. The number of methoxy groups -OCH3 is 1. The fourth-order valence-corrected chi connectivity index (χ4v) is 5.07. The molecule has 0 saturated carbocycles. The maximum absolute atomic E-state index is 13.9. The van der Waals surface area contributed by atoms with Gasteiger partial charge in [-0.15, -0.1) is 0 Å². The number of rotatable bonds is 4. The molecule has 0 radical (unpaired) electrons. The fraction of sp³-hybridized carbons (Fsp3) is 0.133. The summed E-state index contributed by atoms with van der Waals surface area (Å²) in [5.74, 6) is 1.15. The molecule has 38 heavy (non-hydrogen) atoms. The number of halogens is 1. The number of anilines is 1. The number of aromatic nitrogens is 3. The molecule has 8 heteroatoms. The Kier molecular flexibility index (Phi) is 5.92. The van der Waals surface area contributed by atoms with Gasteiger partial charge in [-0.2, -0.15) is 5.10 Å². The van der Waals surface area contributed by atoms with Crippen LogP contribution in [-0.2, 0) is 6.54 Å². The van der Waals surface area contributed by atoms with E-state index in [0.29, 0.717) is 18.0 Å². The van der Waals surface area contributed by atoms with E-state index in [2.05, 4.69) is 9.88 Å². The van der Waals surface area contributed by atoms with E-state index in [1.54, 1.807) is 24.1 Å². The molecule has 2 aromatic heterocycles. The monoisotopic (exact) mass is 507 g/mol. The lowest BCUT2D eigenvalue weighted by atomic mass is 10.0. The number of hydrogen-bond acceptors (Lipinski definition) is 3. The Bertz CT molecular complexity index is 1620. The summed E-state index contributed by atoms with van der Waals surface area (Å²) in [4.78, 5) is 15.7. The third-order valence-corrected chi connectivity index (χ3v) is 6.83. The summed E-state index contributed by atoms with van der Waals surface area (Å²) < 4.78 is 23.5. The second kappa shape index (κ2) is 9.55. The lowest BCUT2D eigenvalue weighted by molar-refractivity contribution is 0.194. The molecule has 0 bridgehead atoms. The number of fused-ring (bicyclic) bond motifs is 3. The predicted molar refractivity (Wildman–Crippen MR) is 143 cm³/mol. The van der Waals surface area contributed by atoms with Crippen LogP contribution < -0.4 is 10.1 Å². The molecular formula is C30H26FN5O2. The molecule has 5 aromatic rings. The Morgan fingerprint density at radius 2 is 1.82 bits per heavy atom. The molecule has 0 unspecified atom stereocenters. The third kappa shape index (κ3) is 4.10. The number of benzene rings is 3. The van der Waals surface area contributed by atoms with Crippen molar-refractivity contribution in [3.05, 3.63) is 126 Å². The zero-order chi connectivity index (χ0) is 26.2. The number of carbonyl (C=O) groups is 1. The van der Waals surface area contributed by atoms with Crippen molar-refractivity contribution in [1.82, 2.24) is 19.2 Å². The summed E-state index contributed by atoms with van der Waals surface area (Å²) in [5.41, 5.74) is 4.83. The van der Waals surface area contributed by atoms with E-state index in [1.165, 1.54) is 12.1 Å². The first-order valence-electron chi connectivity index (χ1n) is 12.3. The van der Waals surface area contributed by atoms with Crippen molar-refractivity contribution in [2.45, 2.75) is 19.5 Å². The average molecular weight is 508 g/mol. The van der Waals surface area contributed by atoms with Crippen LogP contribution in [0.4, 0.5) is 14.9 Å². The third-order valence-electron chi connectivity index (χ3n) is 6.83. The van der Waals surface area contributed by atoms with Gasteiger partial charge in [0.05, 0.1) is 36.8 Å². The van der Waals surface area contributed by atoms with Crippen LogP contribution in [0.1, 0.15) is 28.6 Å². The summed E-state index contributed by atoms with van der Waals surface area (Å²) in [5, 5.41) is 7.76. The highest BCUT2D eigenvalue weighted by atomic mass is 19.1. The second-order valence-corrected chi connectivity index (χ2v) is 9.19. The zero-order valence-electron chi connectivity index (χ0n) is 21.0. The van der Waals surface area contributed by atoms with E-state index in [1.807, 2.05) is 84.5 Å². The van der Waals surface area contributed by atoms with Crippen molar-refractivity contribution in [2.75, 3.05) is 12.4 Å². The highest BCUT2D eigenvalue weighted by Gasteiger charge is 2.36. The number of aryl methyl sites for hydroxylation is 1. The number of para-hydroxylation sites is 1. The van der Waals surface area contributed by atoms with Gasteiger partial charge in [0.2, 0.25) is 0 Å². The second-order valence-electron chi connectivity index (χ2n) is 9.19. The van der Waals surface area contributed by atoms with Crippen molar-refractivity contribution >= 4 is 11.7 Å². The first kappa shape index (κ1) is 23.5. The van der Waals surface area contributed by atoms with Crippen molar-refractivity contribution in [3.8, 4) is 17.3 Å². The topological polar surface area (TPSA) is 64.3 Å². The molecule has 7 nitrogen and oxygen atoms in total. The van der Waals surface area contributed by atoms with Gasteiger partial charge in [0.15, 0.2) is 0 Å². The molecular weight excluding hydrogens is 481 g/mol. The van der Waals surface area contributed by atoms with Crippen LogP contribution in [0.3, 0.4) is 0 Å². The van der Waals surface area contributed by atoms with Gasteiger partial charge in [-0.1, -0.05) is 36.4 Å². The first-order chi connectivity index (χ1) is 18.5. The minimum absolute atomic E-state index is 0.290. The van der Waals surface area contributed by atoms with E-state index in [0.717, 1.165) is 34.0 Å². The summed E-state index contributed by atoms with van der Waals surface area (Å²) in [6.45, 7) is 2.24. The number of ether oxygens (including phenoxy) is 1. The quantitative estimate of drug-likeness (QED) is 0.312. The molecule has 1 N–H and O–H groups in total. The zero-order valence-corrected chi connectivity index (χ0v) is 21.0. The molecule has 3 aromatic carbocycles. The molecule has 3 heterocycles. The Morgan fingerprint density at radius 3 is 2.61 bits per heavy atom. The molecule has 0 aliphatic carbocycles. The fourth-order valence-electron chi connectivity index (χ4n) is 5.07. The van der Waals surface area contributed by atoms with Gasteiger partial charge in [0.25, 0.3) is 0 Å². The molecule has 1 aliphatic rings. The first-order valence-corrected chi connectivity index (χ1v) is 12.3. The summed E-state index contributed by atoms with van der Waals surface area (Å²) in [7, 11) is 1.62. The predicted octanol–water partition coefficient (Wildman–Crippen LogP) is 6.26. The van der Waals surface area contributed by atoms with Crippen LogP contribution in [-0.4, -0.2) is 32.4 Å². The van der Waals surface area contributed by atoms with Gasteiger partial charge in [-0.25, -0.2) is 13.9 Å². The SMILES string of the molecule is COc1cccc([C@@H]2c3cccn3-c3c(c(C)nn3-c3ccccc3)CN2C(=O)Nc2cccc(F)c2)c1. The van der Waals surface area contributed by atoms with E-state index in [9.17, 15) is 9.18 Å². The Balaban J connectivity index is 1.54. The molecule has 0 saturated heterocycles. The van der Waals surface area contributed by atoms with Crippen LogP contribution in [0.5, 0.6) is 5.75 Å². The Labute approximate surface area is 219 Å². The molecule has 0 fully saturated rings. The highest BCUT2D eigenvalue weighted by molar-refractivity contribution is 5.90. The molecule has 1 atom stereocenters. The molecule has 6 rings (SSSR count). The lowest BCUT2D eigenvalue weighted by Crippen LogP contribution is -2.38. The van der Waals surface area contributed by atoms with Crippen LogP contribution in [0.25, 0.3) is 11.5 Å². The van der Waals surface area contributed by atoms with Crippen LogP contribution in [0.2, 0.25) is 0 Å². The van der Waals surface area contributed by atoms with E-state index < -0.39 is 11.9 Å². The number of urea groups is 1. The summed E-state index contributed by atoms with van der Waals surface area (Å²) in [6, 6.07) is 26.7. The van der Waals surface area contributed by atoms with Gasteiger partial charge in [-0.3, -0.25) is 0 Å². The average Bonchev–Trinajstić information content (AvgIpc) is 3.49. The van der Waals surface area contributed by atoms with E-state index in [-0.39, 0.29) is 6.03 Å². The largest absolute Gasteiger partial charge is 0.497 e. The van der Waals surface area contributed by atoms with E-state index >= 15 is 0 Å². The van der Waals surface area contributed by atoms with Crippen LogP contribution >= 0.6 is 0 Å². The molecule has 0 spiro atoms. The number of nitrogens with zero attached hydrogens (tertiary/aromatic N) is 4. The summed E-state index contributed by atoms with van der Waals surface area (Å²) >= 11 is 0. The van der Waals surface area contributed by atoms with Crippen LogP contribution in [0.15, 0.2) is 97.2 Å². The standard InChI is InChI=1S/C30H26FN5O2/c1-20-26-19-35(30(37)32-23-11-7-10-22(31)18-23)28(21-9-6-14-25(17-21)38-2)27-15-8-16-34(27)29(26)36(33-20)24-12-4-3-5-13-24/h3-18,28H,19H2,1-2H3,(H,32,37)/t28-/m1/s1. The minimum atomic E-state index is -0.454. The van der Waals surface area contributed by atoms with Crippen molar-refractivity contribution in [1.29, 1.82) is 0 Å². The smallest absolute Gasteiger partial charge is 0.322 e. The lowest BCUT2D eigenvalue weighted by Gasteiger charge is -2.31. The van der Waals surface area contributed by atoms with Gasteiger partial charge >= 0.3 is 6.03 Å². The van der Waals surface area contributed by atoms with Gasteiger partial charge < -0.3 is 19.5 Å². The maximum atomic E-state index is 13.9. The van der Waals surface area contributed by atoms with Crippen molar-refractivity contribution in [2.24, 2.45) is 0 Å². The number of amides is 2. The molecule has 1 aliphatic heterocycles. The Morgan fingerprint density at radius 1 is 1.00 bits per heavy atom. The number of nitrogens with one attached hydrogen (secondary N) is 1. The highest BCUT2D eigenvalue weighted by Crippen LogP contribution is 2.39. The van der Waals surface area contributed by atoms with Gasteiger partial charge in [0, 0.05) is 17.4 Å². The van der Waals surface area contributed by atoms with Crippen molar-refractivity contribution < 1.29 is 13.9 Å². The van der Waals surface area contributed by atoms with Crippen molar-refractivity contribution in [3.63, 3.8) is 0 Å². The minimum Gasteiger partial charge on any atom is -0.497 e. The normalized spacial score (nSPS) is 14.4. The Hall–Kier alpha value is -4.85. The number of hydrogen-bond donors (Lipinski definition) is 1. The molecule has 2 amide bonds. The van der Waals surface area contributed by atoms with Crippen LogP contribution in [0, 0.1) is 12.7 Å².